The van der Waals surface area contributed by atoms with E-state index in [1.165, 1.54) is 11.2 Å². The first-order valence-corrected chi connectivity index (χ1v) is 6.04. The molecule has 2 N–H and O–H groups in total. The molecule has 0 unspecified atom stereocenters. The lowest BCUT2D eigenvalue weighted by Gasteiger charge is -2.16. The zero-order valence-corrected chi connectivity index (χ0v) is 11.2. The Morgan fingerprint density at radius 3 is 2.62 bits per heavy atom. The number of aromatic amines is 1. The highest BCUT2D eigenvalue weighted by molar-refractivity contribution is 6.02. The van der Waals surface area contributed by atoms with Crippen molar-refractivity contribution in [3.05, 3.63) is 53.1 Å². The lowest BCUT2D eigenvalue weighted by atomic mass is 10.1. The first-order chi connectivity index (χ1) is 10.0. The van der Waals surface area contributed by atoms with Crippen LogP contribution in [0.25, 0.3) is 0 Å². The predicted octanol–water partition coefficient (Wildman–Crippen LogP) is 1.25. The maximum Gasteiger partial charge on any atom is 0.354 e. The molecule has 1 aromatic heterocycles. The van der Waals surface area contributed by atoms with Crippen LogP contribution >= 0.6 is 0 Å². The van der Waals surface area contributed by atoms with Gasteiger partial charge < -0.3 is 15.0 Å². The lowest BCUT2D eigenvalue weighted by Crippen LogP contribution is -2.28. The average Bonchev–Trinajstić information content (AvgIpc) is 2.96. The number of aromatic nitrogens is 2. The van der Waals surface area contributed by atoms with Crippen LogP contribution in [-0.4, -0.2) is 38.9 Å². The van der Waals surface area contributed by atoms with E-state index in [0.29, 0.717) is 5.56 Å². The average molecular weight is 284 g/mol. The summed E-state index contributed by atoms with van der Waals surface area (Å²) in [5, 5.41) is 17.7. The fourth-order valence-corrected chi connectivity index (χ4v) is 1.83. The van der Waals surface area contributed by atoms with Crippen LogP contribution in [0.15, 0.2) is 30.6 Å². The summed E-state index contributed by atoms with van der Waals surface area (Å²) in [6.45, 7) is 0.288. The summed E-state index contributed by atoms with van der Waals surface area (Å²) in [6.07, 6.45) is 1.17. The van der Waals surface area contributed by atoms with Crippen molar-refractivity contribution in [2.24, 2.45) is 0 Å². The van der Waals surface area contributed by atoms with E-state index < -0.39 is 11.9 Å². The maximum absolute atomic E-state index is 12.2. The summed E-state index contributed by atoms with van der Waals surface area (Å²) >= 11 is 0. The van der Waals surface area contributed by atoms with E-state index in [9.17, 15) is 9.59 Å². The van der Waals surface area contributed by atoms with E-state index in [1.807, 2.05) is 6.07 Å². The Morgan fingerprint density at radius 1 is 1.38 bits per heavy atom. The van der Waals surface area contributed by atoms with Crippen LogP contribution in [0, 0.1) is 11.3 Å². The van der Waals surface area contributed by atoms with Gasteiger partial charge in [-0.1, -0.05) is 12.1 Å². The first kappa shape index (κ1) is 14.3. The van der Waals surface area contributed by atoms with Crippen LogP contribution < -0.4 is 0 Å². The minimum Gasteiger partial charge on any atom is -0.477 e. The second-order valence-electron chi connectivity index (χ2n) is 4.40. The van der Waals surface area contributed by atoms with E-state index in [0.717, 1.165) is 5.56 Å². The number of amides is 1. The SMILES string of the molecule is CN(Cc1ccc(C#N)cc1)C(=O)c1nc[nH]c1C(=O)O. The van der Waals surface area contributed by atoms with Gasteiger partial charge >= 0.3 is 5.97 Å². The fourth-order valence-electron chi connectivity index (χ4n) is 1.83. The van der Waals surface area contributed by atoms with Crippen molar-refractivity contribution in [1.82, 2.24) is 14.9 Å². The van der Waals surface area contributed by atoms with Gasteiger partial charge in [0.25, 0.3) is 5.91 Å². The third-order valence-electron chi connectivity index (χ3n) is 2.91. The number of carboxylic acid groups (broad SMARTS) is 1. The van der Waals surface area contributed by atoms with Gasteiger partial charge in [-0.05, 0) is 17.7 Å². The number of nitrogens with one attached hydrogen (secondary N) is 1. The number of H-pyrrole nitrogens is 1. The molecule has 0 fully saturated rings. The summed E-state index contributed by atoms with van der Waals surface area (Å²) in [4.78, 5) is 30.7. The number of aromatic carboxylic acids is 1. The smallest absolute Gasteiger partial charge is 0.354 e. The number of nitrogens with zero attached hydrogens (tertiary/aromatic N) is 3. The highest BCUT2D eigenvalue weighted by Gasteiger charge is 2.22. The van der Waals surface area contributed by atoms with Gasteiger partial charge in [-0.2, -0.15) is 5.26 Å². The highest BCUT2D eigenvalue weighted by atomic mass is 16.4. The van der Waals surface area contributed by atoms with Gasteiger partial charge in [0.15, 0.2) is 11.4 Å². The molecule has 1 aromatic carbocycles. The highest BCUT2D eigenvalue weighted by Crippen LogP contribution is 2.10. The molecule has 0 saturated heterocycles. The van der Waals surface area contributed by atoms with Gasteiger partial charge in [-0.3, -0.25) is 4.79 Å². The molecule has 7 nitrogen and oxygen atoms in total. The van der Waals surface area contributed by atoms with Crippen LogP contribution in [0.4, 0.5) is 0 Å². The van der Waals surface area contributed by atoms with Crippen LogP contribution in [0.3, 0.4) is 0 Å². The molecule has 0 aliphatic carbocycles. The van der Waals surface area contributed by atoms with Crippen molar-refractivity contribution in [2.75, 3.05) is 7.05 Å². The topological polar surface area (TPSA) is 110 Å². The molecule has 2 aromatic rings. The number of carbonyl (C=O) groups excluding carboxylic acids is 1. The third-order valence-corrected chi connectivity index (χ3v) is 2.91. The molecule has 1 amide bonds. The zero-order valence-electron chi connectivity index (χ0n) is 11.2. The first-order valence-electron chi connectivity index (χ1n) is 6.04. The van der Waals surface area contributed by atoms with E-state index in [4.69, 9.17) is 10.4 Å². The molecule has 0 saturated carbocycles. The van der Waals surface area contributed by atoms with E-state index in [1.54, 1.807) is 31.3 Å². The Bertz CT molecular complexity index is 713. The van der Waals surface area contributed by atoms with Crippen molar-refractivity contribution in [2.45, 2.75) is 6.54 Å². The summed E-state index contributed by atoms with van der Waals surface area (Å²) < 4.78 is 0. The van der Waals surface area contributed by atoms with Gasteiger partial charge in [0.05, 0.1) is 18.0 Å². The largest absolute Gasteiger partial charge is 0.477 e. The van der Waals surface area contributed by atoms with Gasteiger partial charge in [-0.15, -0.1) is 0 Å². The van der Waals surface area contributed by atoms with Crippen LogP contribution in [0.1, 0.15) is 32.1 Å². The van der Waals surface area contributed by atoms with E-state index >= 15 is 0 Å². The summed E-state index contributed by atoms with van der Waals surface area (Å²) in [5.41, 5.74) is 1.01. The molecule has 0 aliphatic heterocycles. The number of rotatable bonds is 4. The second kappa shape index (κ2) is 5.88. The zero-order chi connectivity index (χ0) is 15.4. The van der Waals surface area contributed by atoms with Crippen LogP contribution in [0.5, 0.6) is 0 Å². The number of imidazole rings is 1. The van der Waals surface area contributed by atoms with Crippen molar-refractivity contribution in [1.29, 1.82) is 5.26 Å². The van der Waals surface area contributed by atoms with Crippen molar-refractivity contribution in [3.63, 3.8) is 0 Å². The Morgan fingerprint density at radius 2 is 2.05 bits per heavy atom. The van der Waals surface area contributed by atoms with Crippen LogP contribution in [0.2, 0.25) is 0 Å². The number of carboxylic acids is 1. The molecule has 0 bridgehead atoms. The molecule has 0 radical (unpaired) electrons. The molecule has 0 aliphatic rings. The minimum atomic E-state index is -1.23. The molecule has 1 heterocycles. The quantitative estimate of drug-likeness (QED) is 0.878. The van der Waals surface area contributed by atoms with E-state index in [2.05, 4.69) is 9.97 Å². The minimum absolute atomic E-state index is 0.126. The fraction of sp³-hybridized carbons (Fsp3) is 0.143. The molecular weight excluding hydrogens is 272 g/mol. The van der Waals surface area contributed by atoms with Gasteiger partial charge in [0.2, 0.25) is 0 Å². The lowest BCUT2D eigenvalue weighted by molar-refractivity contribution is 0.0674. The van der Waals surface area contributed by atoms with Crippen molar-refractivity contribution in [3.8, 4) is 6.07 Å². The molecule has 106 valence electrons. The molecule has 0 atom stereocenters. The molecular formula is C14H12N4O3. The summed E-state index contributed by atoms with van der Waals surface area (Å²) in [5.74, 6) is -1.72. The van der Waals surface area contributed by atoms with Crippen LogP contribution in [-0.2, 0) is 6.54 Å². The third kappa shape index (κ3) is 3.06. The molecule has 2 rings (SSSR count). The standard InChI is InChI=1S/C14H12N4O3/c1-18(7-10-4-2-9(6-15)3-5-10)13(19)11-12(14(20)21)17-8-16-11/h2-5,8H,7H2,1H3,(H,16,17)(H,20,21). The number of carbonyl (C=O) groups is 2. The normalized spacial score (nSPS) is 9.90. The van der Waals surface area contributed by atoms with Gasteiger partial charge in [-0.25, -0.2) is 9.78 Å². The summed E-state index contributed by atoms with van der Waals surface area (Å²) in [7, 11) is 1.56. The van der Waals surface area contributed by atoms with Crippen molar-refractivity contribution >= 4 is 11.9 Å². The Hall–Kier alpha value is -3.14. The number of hydrogen-bond donors (Lipinski definition) is 2. The number of nitriles is 1. The van der Waals surface area contributed by atoms with Gasteiger partial charge in [0, 0.05) is 13.6 Å². The second-order valence-corrected chi connectivity index (χ2v) is 4.40. The Kier molecular flexibility index (Phi) is 4.00. The van der Waals surface area contributed by atoms with Crippen molar-refractivity contribution < 1.29 is 14.7 Å². The molecule has 7 heteroatoms. The molecule has 0 spiro atoms. The Labute approximate surface area is 120 Å². The number of benzene rings is 1. The predicted molar refractivity (Wildman–Crippen MR) is 72.5 cm³/mol. The van der Waals surface area contributed by atoms with Gasteiger partial charge in [0.1, 0.15) is 0 Å². The maximum atomic E-state index is 12.2. The summed E-state index contributed by atoms with van der Waals surface area (Å²) in [6, 6.07) is 8.81. The molecule has 21 heavy (non-hydrogen) atoms. The number of hydrogen-bond acceptors (Lipinski definition) is 4. The monoisotopic (exact) mass is 284 g/mol. The van der Waals surface area contributed by atoms with E-state index in [-0.39, 0.29) is 17.9 Å². The Balaban J connectivity index is 2.14.